The molecule has 0 amide bonds. The number of hydrogen-bond donors (Lipinski definition) is 2. The summed E-state index contributed by atoms with van der Waals surface area (Å²) >= 11 is 0. The van der Waals surface area contributed by atoms with E-state index in [4.69, 9.17) is 5.11 Å². The van der Waals surface area contributed by atoms with Gasteiger partial charge in [-0.3, -0.25) is 0 Å². The van der Waals surface area contributed by atoms with Gasteiger partial charge >= 0.3 is 5.97 Å². The molecule has 82 valence electrons. The summed E-state index contributed by atoms with van der Waals surface area (Å²) in [6, 6.07) is 12.0. The first kappa shape index (κ1) is 11.8. The summed E-state index contributed by atoms with van der Waals surface area (Å²) in [5, 5.41) is 11.2. The van der Waals surface area contributed by atoms with Crippen molar-refractivity contribution >= 4 is 5.97 Å². The van der Waals surface area contributed by atoms with E-state index in [1.807, 2.05) is 36.4 Å². The van der Waals surface area contributed by atoms with E-state index in [9.17, 15) is 4.79 Å². The Hall–Kier alpha value is -2.29. The highest BCUT2D eigenvalue weighted by molar-refractivity contribution is 5.90. The Kier molecular flexibility index (Phi) is 5.20. The van der Waals surface area contributed by atoms with Crippen molar-refractivity contribution in [1.29, 1.82) is 0 Å². The Balaban J connectivity index is 0.000000181. The van der Waals surface area contributed by atoms with Crippen LogP contribution in [0.5, 0.6) is 0 Å². The summed E-state index contributed by atoms with van der Waals surface area (Å²) in [6.45, 7) is 0. The van der Waals surface area contributed by atoms with Gasteiger partial charge in [0.1, 0.15) is 0 Å². The van der Waals surface area contributed by atoms with E-state index >= 15 is 0 Å². The Bertz CT molecular complexity index is 378. The lowest BCUT2D eigenvalue weighted by molar-refractivity contribution is -0.132. The van der Waals surface area contributed by atoms with Crippen LogP contribution in [0.1, 0.15) is 0 Å². The van der Waals surface area contributed by atoms with Crippen LogP contribution in [-0.4, -0.2) is 11.1 Å². The maximum Gasteiger partial charge on any atom is 0.335 e. The van der Waals surface area contributed by atoms with Gasteiger partial charge in [-0.25, -0.2) is 4.79 Å². The third-order valence-corrected chi connectivity index (χ3v) is 1.74. The molecule has 0 spiro atoms. The fourth-order valence-corrected chi connectivity index (χ4v) is 0.984. The maximum atomic E-state index is 10.3. The number of carboxylic acids is 1. The first-order chi connectivity index (χ1) is 7.80. The van der Waals surface area contributed by atoms with Crippen LogP contribution in [0.15, 0.2) is 72.6 Å². The maximum absolute atomic E-state index is 10.3. The molecule has 0 saturated heterocycles. The summed E-state index contributed by atoms with van der Waals surface area (Å²) in [4.78, 5) is 10.3. The molecular formula is C13H13NO2. The van der Waals surface area contributed by atoms with Crippen molar-refractivity contribution in [1.82, 2.24) is 5.32 Å². The molecule has 0 unspecified atom stereocenters. The highest BCUT2D eigenvalue weighted by Gasteiger charge is 2.00. The van der Waals surface area contributed by atoms with Crippen molar-refractivity contribution in [3.8, 4) is 0 Å². The monoisotopic (exact) mass is 215 g/mol. The van der Waals surface area contributed by atoms with E-state index in [-0.39, 0.29) is 5.57 Å². The summed E-state index contributed by atoms with van der Waals surface area (Å²) in [5.41, 5.74) is 0.279. The lowest BCUT2D eigenvalue weighted by Gasteiger charge is -1.88. The number of rotatable bonds is 1. The van der Waals surface area contributed by atoms with Crippen LogP contribution in [0.2, 0.25) is 0 Å². The highest BCUT2D eigenvalue weighted by atomic mass is 16.4. The second kappa shape index (κ2) is 7.06. The van der Waals surface area contributed by atoms with E-state index < -0.39 is 5.97 Å². The van der Waals surface area contributed by atoms with Gasteiger partial charge < -0.3 is 10.4 Å². The first-order valence-corrected chi connectivity index (χ1v) is 4.83. The summed E-state index contributed by atoms with van der Waals surface area (Å²) in [7, 11) is 0. The number of carbonyl (C=O) groups is 1. The van der Waals surface area contributed by atoms with Crippen molar-refractivity contribution in [2.75, 3.05) is 0 Å². The molecule has 1 aromatic rings. The molecule has 0 fully saturated rings. The zero-order valence-corrected chi connectivity index (χ0v) is 8.71. The molecule has 1 aliphatic rings. The molecule has 0 radical (unpaired) electrons. The van der Waals surface area contributed by atoms with Gasteiger partial charge in [0.15, 0.2) is 0 Å². The van der Waals surface area contributed by atoms with Crippen LogP contribution in [0.3, 0.4) is 0 Å². The SMILES string of the molecule is O=C(O)C1=CC=CNC=C1.c1ccccc1. The van der Waals surface area contributed by atoms with Crippen molar-refractivity contribution in [2.45, 2.75) is 0 Å². The summed E-state index contributed by atoms with van der Waals surface area (Å²) in [6.07, 6.45) is 7.90. The number of aliphatic carboxylic acids is 1. The number of allylic oxidation sites excluding steroid dienone is 2. The van der Waals surface area contributed by atoms with Crippen molar-refractivity contribution < 1.29 is 9.90 Å². The molecule has 0 saturated carbocycles. The smallest absolute Gasteiger partial charge is 0.335 e. The zero-order valence-electron chi connectivity index (χ0n) is 8.71. The predicted molar refractivity (Wildman–Crippen MR) is 63.6 cm³/mol. The lowest BCUT2D eigenvalue weighted by atomic mass is 10.2. The van der Waals surface area contributed by atoms with Crippen molar-refractivity contribution in [2.24, 2.45) is 0 Å². The highest BCUT2D eigenvalue weighted by Crippen LogP contribution is 1.98. The number of benzene rings is 1. The van der Waals surface area contributed by atoms with Gasteiger partial charge in [-0.2, -0.15) is 0 Å². The van der Waals surface area contributed by atoms with Crippen LogP contribution < -0.4 is 5.32 Å². The normalized spacial score (nSPS) is 12.6. The van der Waals surface area contributed by atoms with E-state index in [0.29, 0.717) is 0 Å². The van der Waals surface area contributed by atoms with Gasteiger partial charge in [0.05, 0.1) is 5.57 Å². The third-order valence-electron chi connectivity index (χ3n) is 1.74. The van der Waals surface area contributed by atoms with Crippen LogP contribution in [0.25, 0.3) is 0 Å². The summed E-state index contributed by atoms with van der Waals surface area (Å²) < 4.78 is 0. The Morgan fingerprint density at radius 2 is 1.56 bits per heavy atom. The molecule has 3 heteroatoms. The molecule has 1 aromatic carbocycles. The lowest BCUT2D eigenvalue weighted by Crippen LogP contribution is -1.97. The predicted octanol–water partition coefficient (Wildman–Crippen LogP) is 2.31. The largest absolute Gasteiger partial charge is 0.478 e. The van der Waals surface area contributed by atoms with E-state index in [2.05, 4.69) is 5.32 Å². The Morgan fingerprint density at radius 3 is 2.06 bits per heavy atom. The van der Waals surface area contributed by atoms with Crippen LogP contribution in [0, 0.1) is 0 Å². The van der Waals surface area contributed by atoms with Gasteiger partial charge in [-0.15, -0.1) is 0 Å². The standard InChI is InChI=1S/C7H7NO2.C6H6/c9-7(10)6-2-1-4-8-5-3-6;1-2-4-6-5-3-1/h1-5,8H,(H,9,10);1-6H. The van der Waals surface area contributed by atoms with Crippen molar-refractivity contribution in [3.05, 3.63) is 72.6 Å². The third kappa shape index (κ3) is 4.81. The molecule has 3 nitrogen and oxygen atoms in total. The topological polar surface area (TPSA) is 49.3 Å². The molecular weight excluding hydrogens is 202 g/mol. The number of nitrogens with one attached hydrogen (secondary N) is 1. The molecule has 1 aliphatic heterocycles. The van der Waals surface area contributed by atoms with Crippen LogP contribution in [-0.2, 0) is 4.79 Å². The molecule has 2 N–H and O–H groups in total. The fourth-order valence-electron chi connectivity index (χ4n) is 0.984. The van der Waals surface area contributed by atoms with E-state index in [1.165, 1.54) is 12.2 Å². The Morgan fingerprint density at radius 1 is 1.00 bits per heavy atom. The first-order valence-electron chi connectivity index (χ1n) is 4.83. The fraction of sp³-hybridized carbons (Fsp3) is 0. The molecule has 0 bridgehead atoms. The van der Waals surface area contributed by atoms with E-state index in [1.54, 1.807) is 18.5 Å². The minimum Gasteiger partial charge on any atom is -0.478 e. The van der Waals surface area contributed by atoms with Gasteiger partial charge in [0.25, 0.3) is 0 Å². The van der Waals surface area contributed by atoms with E-state index in [0.717, 1.165) is 0 Å². The minimum absolute atomic E-state index is 0.279. The minimum atomic E-state index is -0.912. The summed E-state index contributed by atoms with van der Waals surface area (Å²) in [5.74, 6) is -0.912. The quantitative estimate of drug-likeness (QED) is 0.755. The second-order valence-corrected chi connectivity index (χ2v) is 2.94. The van der Waals surface area contributed by atoms with Gasteiger partial charge in [0.2, 0.25) is 0 Å². The van der Waals surface area contributed by atoms with Gasteiger partial charge in [0, 0.05) is 12.4 Å². The average Bonchev–Trinajstić information content (AvgIpc) is 2.61. The van der Waals surface area contributed by atoms with Gasteiger partial charge in [-0.1, -0.05) is 36.4 Å². The molecule has 0 aliphatic carbocycles. The second-order valence-electron chi connectivity index (χ2n) is 2.94. The number of hydrogen-bond acceptors (Lipinski definition) is 2. The molecule has 2 rings (SSSR count). The molecule has 0 aromatic heterocycles. The van der Waals surface area contributed by atoms with Crippen LogP contribution in [0.4, 0.5) is 0 Å². The number of carboxylic acid groups (broad SMARTS) is 1. The molecule has 1 heterocycles. The Labute approximate surface area is 94.4 Å². The van der Waals surface area contributed by atoms with Crippen LogP contribution >= 0.6 is 0 Å². The molecule has 0 atom stereocenters. The van der Waals surface area contributed by atoms with Gasteiger partial charge in [-0.05, 0) is 18.2 Å². The van der Waals surface area contributed by atoms with Crippen molar-refractivity contribution in [3.63, 3.8) is 0 Å². The zero-order chi connectivity index (χ0) is 11.6. The molecule has 16 heavy (non-hydrogen) atoms. The average molecular weight is 215 g/mol.